The molecule has 0 N–H and O–H groups in total. The molecule has 1 spiro atoms. The second-order valence-corrected chi connectivity index (χ2v) is 15.8. The summed E-state index contributed by atoms with van der Waals surface area (Å²) < 4.78 is 2.50. The van der Waals surface area contributed by atoms with Crippen LogP contribution in [-0.2, 0) is 5.41 Å². The van der Waals surface area contributed by atoms with Crippen molar-refractivity contribution >= 4 is 38.2 Å². The lowest BCUT2D eigenvalue weighted by Crippen LogP contribution is -2.33. The summed E-state index contributed by atoms with van der Waals surface area (Å²) in [6, 6.07) is 64.3. The van der Waals surface area contributed by atoms with Gasteiger partial charge in [-0.05, 0) is 87.3 Å². The van der Waals surface area contributed by atoms with Gasteiger partial charge in [-0.15, -0.1) is 0 Å². The average Bonchev–Trinajstić information content (AvgIpc) is 3.81. The molecular formula is C56H38N4. The Morgan fingerprint density at radius 2 is 1.18 bits per heavy atom. The van der Waals surface area contributed by atoms with Gasteiger partial charge in [-0.1, -0.05) is 176 Å². The van der Waals surface area contributed by atoms with Crippen LogP contribution in [0, 0.1) is 0 Å². The number of nitrogens with zero attached hydrogens (tertiary/aromatic N) is 4. The van der Waals surface area contributed by atoms with Gasteiger partial charge in [-0.25, -0.2) is 15.0 Å². The molecule has 0 radical (unpaired) electrons. The molecule has 0 fully saturated rings. The molecule has 8 aromatic carbocycles. The van der Waals surface area contributed by atoms with E-state index in [4.69, 9.17) is 15.0 Å². The number of hydrogen-bond acceptors (Lipinski definition) is 3. The number of aromatic nitrogens is 4. The highest BCUT2D eigenvalue weighted by Gasteiger charge is 2.50. The van der Waals surface area contributed by atoms with Crippen LogP contribution < -0.4 is 0 Å². The van der Waals surface area contributed by atoms with E-state index in [0.717, 1.165) is 38.6 Å². The van der Waals surface area contributed by atoms with Crippen molar-refractivity contribution < 1.29 is 0 Å². The Morgan fingerprint density at radius 3 is 2.05 bits per heavy atom. The first-order chi connectivity index (χ1) is 29.7. The van der Waals surface area contributed by atoms with Crippen molar-refractivity contribution in [1.82, 2.24) is 19.5 Å². The molecule has 0 saturated heterocycles. The molecule has 3 heterocycles. The van der Waals surface area contributed by atoms with Crippen LogP contribution in [0.4, 0.5) is 0 Å². The van der Waals surface area contributed by atoms with E-state index in [1.165, 1.54) is 60.9 Å². The van der Waals surface area contributed by atoms with Crippen molar-refractivity contribution in [3.8, 4) is 50.7 Å². The van der Waals surface area contributed by atoms with Crippen molar-refractivity contribution in [1.29, 1.82) is 0 Å². The van der Waals surface area contributed by atoms with Crippen LogP contribution in [0.5, 0.6) is 0 Å². The Morgan fingerprint density at radius 1 is 0.500 bits per heavy atom. The normalized spacial score (nSPS) is 15.3. The molecule has 282 valence electrons. The molecule has 1 unspecified atom stereocenters. The van der Waals surface area contributed by atoms with Gasteiger partial charge >= 0.3 is 0 Å². The number of hydrogen-bond donors (Lipinski definition) is 0. The highest BCUT2D eigenvalue weighted by Crippen LogP contribution is 2.61. The zero-order chi connectivity index (χ0) is 40.0. The summed E-state index contributed by atoms with van der Waals surface area (Å²) in [4.78, 5) is 15.7. The molecular weight excluding hydrogens is 729 g/mol. The second-order valence-electron chi connectivity index (χ2n) is 15.8. The lowest BCUT2D eigenvalue weighted by Gasteiger charge is -2.39. The van der Waals surface area contributed by atoms with Crippen molar-refractivity contribution in [3.05, 3.63) is 222 Å². The maximum absolute atomic E-state index is 5.30. The fourth-order valence-electron chi connectivity index (χ4n) is 10.3. The Balaban J connectivity index is 1.17. The Bertz CT molecular complexity index is 3460. The van der Waals surface area contributed by atoms with Gasteiger partial charge in [0.2, 0.25) is 0 Å². The third-order valence-electron chi connectivity index (χ3n) is 12.7. The van der Waals surface area contributed by atoms with Gasteiger partial charge < -0.3 is 4.57 Å². The quantitative estimate of drug-likeness (QED) is 0.164. The van der Waals surface area contributed by atoms with Gasteiger partial charge in [-0.2, -0.15) is 0 Å². The lowest BCUT2D eigenvalue weighted by molar-refractivity contribution is 0.749. The zero-order valence-corrected chi connectivity index (χ0v) is 33.3. The maximum Gasteiger partial charge on any atom is 0.165 e. The SMILES string of the molecule is C/C=C\C(=C/C)c1nc(-c2ccccc2)nc(-c2c(-c3ccc4c(c3)C3(c5ccccc5-4)c4ccccc4-n4c5ccccc5c5cccc3c54)ccc3ccccc23)n1. The molecule has 0 bridgehead atoms. The van der Waals surface area contributed by atoms with E-state index >= 15 is 0 Å². The molecule has 4 heteroatoms. The fraction of sp³-hybridized carbons (Fsp3) is 0.0536. The highest BCUT2D eigenvalue weighted by molar-refractivity contribution is 6.13. The lowest BCUT2D eigenvalue weighted by atomic mass is 9.65. The van der Waals surface area contributed by atoms with Crippen LogP contribution in [0.1, 0.15) is 41.9 Å². The van der Waals surface area contributed by atoms with E-state index in [1.54, 1.807) is 0 Å². The Kier molecular flexibility index (Phi) is 7.54. The van der Waals surface area contributed by atoms with E-state index < -0.39 is 5.41 Å². The molecule has 2 aliphatic rings. The van der Waals surface area contributed by atoms with E-state index in [-0.39, 0.29) is 0 Å². The van der Waals surface area contributed by atoms with Crippen molar-refractivity contribution in [2.75, 3.05) is 0 Å². The van der Waals surface area contributed by atoms with Crippen LogP contribution in [0.2, 0.25) is 0 Å². The van der Waals surface area contributed by atoms with Crippen LogP contribution in [0.25, 0.3) is 88.9 Å². The minimum atomic E-state index is -0.562. The highest BCUT2D eigenvalue weighted by atomic mass is 15.0. The third-order valence-corrected chi connectivity index (χ3v) is 12.7. The minimum Gasteiger partial charge on any atom is -0.309 e. The standard InChI is InChI=1S/C56H38N4/c1-3-17-35(4-2)53-57-54(37-19-6-5-7-20-37)59-55(58-53)51-39-21-9-8-18-36(39)30-32-40(51)38-31-33-42-41-22-10-12-25-45(41)56(48(42)34-38)46-26-13-15-29-50(46)60-49-28-14-11-23-43(49)44-24-16-27-47(56)52(44)60/h3-34H,1-2H3/b17-3-,35-4+. The summed E-state index contributed by atoms with van der Waals surface area (Å²) in [6.45, 7) is 4.06. The first kappa shape index (κ1) is 34.4. The molecule has 1 aliphatic heterocycles. The van der Waals surface area contributed by atoms with Gasteiger partial charge in [0.1, 0.15) is 0 Å². The molecule has 1 atom stereocenters. The number of fused-ring (bicyclic) bond motifs is 13. The summed E-state index contributed by atoms with van der Waals surface area (Å²) in [5.41, 5.74) is 15.9. The average molecular weight is 767 g/mol. The summed E-state index contributed by atoms with van der Waals surface area (Å²) in [5.74, 6) is 1.93. The zero-order valence-electron chi connectivity index (χ0n) is 33.3. The van der Waals surface area contributed by atoms with Gasteiger partial charge in [0.25, 0.3) is 0 Å². The molecule has 1 aliphatic carbocycles. The summed E-state index contributed by atoms with van der Waals surface area (Å²) in [7, 11) is 0. The molecule has 10 aromatic rings. The van der Waals surface area contributed by atoms with E-state index in [2.05, 4.69) is 174 Å². The number of para-hydroxylation sites is 3. The fourth-order valence-corrected chi connectivity index (χ4v) is 10.3. The summed E-state index contributed by atoms with van der Waals surface area (Å²) in [5, 5.41) is 4.76. The van der Waals surface area contributed by atoms with Crippen LogP contribution in [0.3, 0.4) is 0 Å². The van der Waals surface area contributed by atoms with Gasteiger partial charge in [0, 0.05) is 27.5 Å². The third kappa shape index (κ3) is 4.70. The number of rotatable bonds is 5. The van der Waals surface area contributed by atoms with Crippen LogP contribution in [-0.4, -0.2) is 19.5 Å². The van der Waals surface area contributed by atoms with Gasteiger partial charge in [0.15, 0.2) is 17.5 Å². The summed E-state index contributed by atoms with van der Waals surface area (Å²) in [6.07, 6.45) is 6.17. The van der Waals surface area contributed by atoms with Crippen molar-refractivity contribution in [3.63, 3.8) is 0 Å². The smallest absolute Gasteiger partial charge is 0.165 e. The second kappa shape index (κ2) is 13.2. The number of allylic oxidation sites excluding steroid dienone is 4. The van der Waals surface area contributed by atoms with Gasteiger partial charge in [0.05, 0.1) is 22.1 Å². The molecule has 4 nitrogen and oxygen atoms in total. The van der Waals surface area contributed by atoms with E-state index in [1.807, 2.05) is 38.1 Å². The first-order valence-electron chi connectivity index (χ1n) is 20.7. The summed E-state index contributed by atoms with van der Waals surface area (Å²) >= 11 is 0. The van der Waals surface area contributed by atoms with E-state index in [0.29, 0.717) is 17.5 Å². The molecule has 60 heavy (non-hydrogen) atoms. The predicted molar refractivity (Wildman–Crippen MR) is 247 cm³/mol. The Labute approximate surface area is 348 Å². The minimum absolute atomic E-state index is 0.562. The molecule has 0 saturated carbocycles. The first-order valence-corrected chi connectivity index (χ1v) is 20.7. The number of benzene rings is 8. The topological polar surface area (TPSA) is 43.6 Å². The monoisotopic (exact) mass is 766 g/mol. The van der Waals surface area contributed by atoms with Crippen molar-refractivity contribution in [2.45, 2.75) is 19.3 Å². The molecule has 0 amide bonds. The predicted octanol–water partition coefficient (Wildman–Crippen LogP) is 13.8. The Hall–Kier alpha value is -7.69. The van der Waals surface area contributed by atoms with Crippen molar-refractivity contribution in [2.24, 2.45) is 0 Å². The van der Waals surface area contributed by atoms with E-state index in [9.17, 15) is 0 Å². The van der Waals surface area contributed by atoms with Crippen LogP contribution in [0.15, 0.2) is 194 Å². The largest absolute Gasteiger partial charge is 0.309 e. The maximum atomic E-state index is 5.30. The van der Waals surface area contributed by atoms with Crippen LogP contribution >= 0.6 is 0 Å². The molecule has 12 rings (SSSR count). The van der Waals surface area contributed by atoms with Gasteiger partial charge in [-0.3, -0.25) is 0 Å². The molecule has 2 aromatic heterocycles.